The van der Waals surface area contributed by atoms with E-state index in [0.29, 0.717) is 12.8 Å². The molecule has 0 bridgehead atoms. The van der Waals surface area contributed by atoms with E-state index in [1.807, 2.05) is 0 Å². The Kier molecular flexibility index (Phi) is 26.7. The lowest BCUT2D eigenvalue weighted by Crippen LogP contribution is -2.28. The number of hydrogen-bond donors (Lipinski definition) is 1. The minimum Gasteiger partial charge on any atom is -0.462 e. The minimum atomic E-state index is -0.728. The summed E-state index contributed by atoms with van der Waals surface area (Å²) in [6.45, 7) is 2.85. The summed E-state index contributed by atoms with van der Waals surface area (Å²) >= 11 is 0. The molecule has 2 N–H and O–H groups in total. The van der Waals surface area contributed by atoms with Crippen LogP contribution in [-0.4, -0.2) is 37.8 Å². The van der Waals surface area contributed by atoms with Crippen molar-refractivity contribution in [3.8, 4) is 0 Å². The van der Waals surface area contributed by atoms with Crippen molar-refractivity contribution in [3.63, 3.8) is 0 Å². The summed E-state index contributed by atoms with van der Waals surface area (Å²) in [6.07, 6.45) is 20.9. The molecule has 0 rings (SSSR count). The molecule has 0 amide bonds. The number of rotatable bonds is 27. The zero-order chi connectivity index (χ0) is 25.8. The van der Waals surface area contributed by atoms with E-state index >= 15 is 0 Å². The Labute approximate surface area is 215 Å². The predicted molar refractivity (Wildman–Crippen MR) is 141 cm³/mol. The van der Waals surface area contributed by atoms with Crippen LogP contribution in [0.4, 0.5) is 0 Å². The van der Waals surface area contributed by atoms with Crippen LogP contribution in [-0.2, 0) is 28.2 Å². The molecule has 0 saturated heterocycles. The standard InChI is InChI=1S/C27H52NO6P/c1-2-3-4-5-14-18-21-27(30)34-25(24-33-35-31)23-32-26(29)20-17-15-12-10-8-6-7-9-11-13-16-19-22-28/h25H,2-24,28H2,1H3/t25-/m0/s1. The quantitative estimate of drug-likeness (QED) is 0.0685. The molecule has 0 aliphatic carbocycles. The molecule has 0 radical (unpaired) electrons. The minimum absolute atomic E-state index is 0.0612. The van der Waals surface area contributed by atoms with Gasteiger partial charge in [-0.05, 0) is 25.8 Å². The van der Waals surface area contributed by atoms with Crippen molar-refractivity contribution in [1.82, 2.24) is 0 Å². The first kappa shape index (κ1) is 34.0. The average molecular weight is 518 g/mol. The summed E-state index contributed by atoms with van der Waals surface area (Å²) in [5, 5.41) is 0. The highest BCUT2D eigenvalue weighted by atomic mass is 31.1. The van der Waals surface area contributed by atoms with Crippen LogP contribution in [0, 0.1) is 0 Å². The van der Waals surface area contributed by atoms with E-state index in [1.54, 1.807) is 0 Å². The van der Waals surface area contributed by atoms with Gasteiger partial charge in [0.05, 0.1) is 0 Å². The van der Waals surface area contributed by atoms with Gasteiger partial charge in [0.2, 0.25) is 0 Å². The summed E-state index contributed by atoms with van der Waals surface area (Å²) in [5.41, 5.74) is 5.50. The van der Waals surface area contributed by atoms with Crippen LogP contribution in [0.25, 0.3) is 0 Å². The Morgan fingerprint density at radius 1 is 0.657 bits per heavy atom. The van der Waals surface area contributed by atoms with Crippen LogP contribution in [0.2, 0.25) is 0 Å². The molecule has 7 nitrogen and oxygen atoms in total. The van der Waals surface area contributed by atoms with E-state index in [-0.39, 0.29) is 25.2 Å². The van der Waals surface area contributed by atoms with E-state index in [0.717, 1.165) is 51.5 Å². The number of unbranched alkanes of at least 4 members (excludes halogenated alkanes) is 16. The maximum atomic E-state index is 12.1. The number of hydrogen-bond acceptors (Lipinski definition) is 7. The van der Waals surface area contributed by atoms with Crippen LogP contribution >= 0.6 is 8.69 Å². The molecule has 0 aliphatic heterocycles. The molecule has 206 valence electrons. The molecular formula is C27H52NO6P. The van der Waals surface area contributed by atoms with Crippen molar-refractivity contribution in [2.75, 3.05) is 19.8 Å². The largest absolute Gasteiger partial charge is 0.462 e. The first-order valence-corrected chi connectivity index (χ1v) is 14.9. The third-order valence-electron chi connectivity index (χ3n) is 6.11. The molecule has 0 heterocycles. The molecule has 1 atom stereocenters. The van der Waals surface area contributed by atoms with Gasteiger partial charge in [0.15, 0.2) is 6.10 Å². The second-order valence-electron chi connectivity index (χ2n) is 9.46. The molecule has 0 fully saturated rings. The lowest BCUT2D eigenvalue weighted by atomic mass is 10.0. The highest BCUT2D eigenvalue weighted by Gasteiger charge is 2.17. The van der Waals surface area contributed by atoms with Crippen molar-refractivity contribution in [1.29, 1.82) is 0 Å². The first-order chi connectivity index (χ1) is 17.1. The average Bonchev–Trinajstić information content (AvgIpc) is 2.85. The van der Waals surface area contributed by atoms with Crippen LogP contribution < -0.4 is 5.73 Å². The fraction of sp³-hybridized carbons (Fsp3) is 0.926. The highest BCUT2D eigenvalue weighted by Crippen LogP contribution is 2.13. The molecule has 0 aliphatic rings. The second-order valence-corrected chi connectivity index (χ2v) is 9.87. The van der Waals surface area contributed by atoms with Gasteiger partial charge in [-0.15, -0.1) is 0 Å². The number of carbonyl (C=O) groups excluding carboxylic acids is 2. The van der Waals surface area contributed by atoms with Gasteiger partial charge in [-0.1, -0.05) is 103 Å². The third-order valence-corrected chi connectivity index (χ3v) is 6.37. The monoisotopic (exact) mass is 517 g/mol. The summed E-state index contributed by atoms with van der Waals surface area (Å²) in [6, 6.07) is 0. The zero-order valence-electron chi connectivity index (χ0n) is 22.3. The Balaban J connectivity index is 3.76. The first-order valence-electron chi connectivity index (χ1n) is 14.1. The van der Waals surface area contributed by atoms with Gasteiger partial charge in [0, 0.05) is 12.8 Å². The summed E-state index contributed by atoms with van der Waals surface area (Å²) in [5.74, 6) is -0.629. The Hall–Kier alpha value is -1.04. The zero-order valence-corrected chi connectivity index (χ0v) is 23.2. The van der Waals surface area contributed by atoms with Crippen molar-refractivity contribution < 1.29 is 28.2 Å². The maximum absolute atomic E-state index is 12.1. The summed E-state index contributed by atoms with van der Waals surface area (Å²) < 4.78 is 26.1. The SMILES string of the molecule is CCCCCCCCC(=O)O[C@H](COP=O)COC(=O)CCCCCCCCCCCCCCN. The Bertz CT molecular complexity index is 506. The molecule has 8 heteroatoms. The molecular weight excluding hydrogens is 465 g/mol. The summed E-state index contributed by atoms with van der Waals surface area (Å²) in [7, 11) is -0.488. The second kappa shape index (κ2) is 27.5. The van der Waals surface area contributed by atoms with Gasteiger partial charge in [0.25, 0.3) is 0 Å². The highest BCUT2D eigenvalue weighted by molar-refractivity contribution is 7.17. The predicted octanol–water partition coefficient (Wildman–Crippen LogP) is 7.45. The van der Waals surface area contributed by atoms with Crippen LogP contribution in [0.15, 0.2) is 0 Å². The smallest absolute Gasteiger partial charge is 0.327 e. The topological polar surface area (TPSA) is 105 Å². The molecule has 35 heavy (non-hydrogen) atoms. The van der Waals surface area contributed by atoms with E-state index < -0.39 is 14.8 Å². The normalized spacial score (nSPS) is 12.1. The van der Waals surface area contributed by atoms with Crippen molar-refractivity contribution >= 4 is 20.6 Å². The van der Waals surface area contributed by atoms with Crippen molar-refractivity contribution in [3.05, 3.63) is 0 Å². The van der Waals surface area contributed by atoms with Gasteiger partial charge in [0.1, 0.15) is 13.2 Å². The van der Waals surface area contributed by atoms with Crippen molar-refractivity contribution in [2.24, 2.45) is 5.73 Å². The molecule has 0 aromatic carbocycles. The third kappa shape index (κ3) is 25.8. The van der Waals surface area contributed by atoms with Gasteiger partial charge in [-0.2, -0.15) is 0 Å². The van der Waals surface area contributed by atoms with E-state index in [9.17, 15) is 14.2 Å². The lowest BCUT2D eigenvalue weighted by Gasteiger charge is -2.16. The molecule has 0 unspecified atom stereocenters. The van der Waals surface area contributed by atoms with Gasteiger partial charge >= 0.3 is 20.6 Å². The maximum Gasteiger partial charge on any atom is 0.327 e. The fourth-order valence-corrected chi connectivity index (χ4v) is 4.19. The van der Waals surface area contributed by atoms with E-state index in [4.69, 9.17) is 19.7 Å². The number of nitrogens with two attached hydrogens (primary N) is 1. The Morgan fingerprint density at radius 2 is 1.11 bits per heavy atom. The van der Waals surface area contributed by atoms with E-state index in [1.165, 1.54) is 70.6 Å². The lowest BCUT2D eigenvalue weighted by molar-refractivity contribution is -0.160. The van der Waals surface area contributed by atoms with Crippen LogP contribution in [0.3, 0.4) is 0 Å². The fourth-order valence-electron chi connectivity index (χ4n) is 3.96. The van der Waals surface area contributed by atoms with Gasteiger partial charge in [-0.25, -0.2) is 4.57 Å². The van der Waals surface area contributed by atoms with Crippen LogP contribution in [0.1, 0.15) is 135 Å². The molecule has 0 aromatic rings. The summed E-state index contributed by atoms with van der Waals surface area (Å²) in [4.78, 5) is 24.1. The number of esters is 2. The molecule has 0 saturated carbocycles. The van der Waals surface area contributed by atoms with Gasteiger partial charge < -0.3 is 15.2 Å². The van der Waals surface area contributed by atoms with Crippen molar-refractivity contribution in [2.45, 2.75) is 141 Å². The van der Waals surface area contributed by atoms with E-state index in [2.05, 4.69) is 6.92 Å². The van der Waals surface area contributed by atoms with Gasteiger partial charge in [-0.3, -0.25) is 14.1 Å². The molecule has 0 aromatic heterocycles. The molecule has 0 spiro atoms. The number of ether oxygens (including phenoxy) is 2. The number of carbonyl (C=O) groups is 2. The Morgan fingerprint density at radius 3 is 1.60 bits per heavy atom. The van der Waals surface area contributed by atoms with Crippen LogP contribution in [0.5, 0.6) is 0 Å².